The summed E-state index contributed by atoms with van der Waals surface area (Å²) >= 11 is 3.57. The molecular weight excluding hydrogens is 324 g/mol. The first-order chi connectivity index (χ1) is 11.3. The summed E-state index contributed by atoms with van der Waals surface area (Å²) < 4.78 is 0. The van der Waals surface area contributed by atoms with Crippen LogP contribution in [-0.4, -0.2) is 30.6 Å². The van der Waals surface area contributed by atoms with Gasteiger partial charge in [-0.05, 0) is 51.0 Å². The van der Waals surface area contributed by atoms with Crippen LogP contribution in [0.4, 0.5) is 0 Å². The molecule has 0 saturated carbocycles. The van der Waals surface area contributed by atoms with E-state index in [0.29, 0.717) is 0 Å². The van der Waals surface area contributed by atoms with E-state index in [4.69, 9.17) is 0 Å². The highest BCUT2D eigenvalue weighted by Crippen LogP contribution is 2.11. The van der Waals surface area contributed by atoms with E-state index in [1.807, 2.05) is 0 Å². The highest BCUT2D eigenvalue weighted by Gasteiger charge is 2.00. The molecule has 4 nitrogen and oxygen atoms in total. The summed E-state index contributed by atoms with van der Waals surface area (Å²) in [5.41, 5.74) is 1.13. The van der Waals surface area contributed by atoms with Gasteiger partial charge >= 0.3 is 0 Å². The van der Waals surface area contributed by atoms with Crippen LogP contribution in [0.2, 0.25) is 0 Å². The number of unbranched alkanes of at least 4 members (excludes halogenated alkanes) is 1. The standard InChI is InChI=1S/C17H26N4S2/c1-3-18-17(20-11-9-15-7-6-12-22-15)19-10-5-4-8-16-21-14(2)13-23-16/h6-7,12-13H,3-5,8-11H2,1-2H3,(H2,18,19,20). The monoisotopic (exact) mass is 350 g/mol. The van der Waals surface area contributed by atoms with Crippen molar-refractivity contribution in [3.05, 3.63) is 38.5 Å². The van der Waals surface area contributed by atoms with Crippen LogP contribution in [0.5, 0.6) is 0 Å². The van der Waals surface area contributed by atoms with Crippen LogP contribution in [0.15, 0.2) is 27.9 Å². The molecule has 0 aliphatic rings. The number of thiazole rings is 1. The smallest absolute Gasteiger partial charge is 0.191 e. The Labute approximate surface area is 147 Å². The molecule has 2 aromatic rings. The average molecular weight is 351 g/mol. The molecule has 0 aliphatic carbocycles. The minimum atomic E-state index is 0.860. The van der Waals surface area contributed by atoms with E-state index in [1.54, 1.807) is 22.7 Å². The van der Waals surface area contributed by atoms with Crippen molar-refractivity contribution in [2.75, 3.05) is 19.6 Å². The third-order valence-electron chi connectivity index (χ3n) is 3.32. The molecule has 0 spiro atoms. The second-order valence-corrected chi connectivity index (χ2v) is 7.33. The van der Waals surface area contributed by atoms with Crippen molar-refractivity contribution in [1.82, 2.24) is 15.6 Å². The Morgan fingerprint density at radius 1 is 1.22 bits per heavy atom. The molecule has 0 fully saturated rings. The van der Waals surface area contributed by atoms with Crippen LogP contribution >= 0.6 is 22.7 Å². The molecular formula is C17H26N4S2. The minimum absolute atomic E-state index is 0.860. The second-order valence-electron chi connectivity index (χ2n) is 5.36. The van der Waals surface area contributed by atoms with Crippen LogP contribution in [-0.2, 0) is 12.8 Å². The zero-order valence-electron chi connectivity index (χ0n) is 14.0. The van der Waals surface area contributed by atoms with Gasteiger partial charge < -0.3 is 10.6 Å². The largest absolute Gasteiger partial charge is 0.357 e. The van der Waals surface area contributed by atoms with Gasteiger partial charge in [-0.25, -0.2) is 4.98 Å². The molecule has 0 amide bonds. The second kappa shape index (κ2) is 10.4. The van der Waals surface area contributed by atoms with E-state index in [0.717, 1.165) is 57.0 Å². The van der Waals surface area contributed by atoms with Crippen molar-refractivity contribution in [1.29, 1.82) is 0 Å². The maximum atomic E-state index is 4.65. The lowest BCUT2D eigenvalue weighted by atomic mass is 10.2. The van der Waals surface area contributed by atoms with Crippen molar-refractivity contribution in [3.8, 4) is 0 Å². The summed E-state index contributed by atoms with van der Waals surface area (Å²) in [6.45, 7) is 6.82. The van der Waals surface area contributed by atoms with E-state index in [1.165, 1.54) is 9.88 Å². The number of aliphatic imine (C=N–C) groups is 1. The van der Waals surface area contributed by atoms with Gasteiger partial charge in [0, 0.05) is 35.6 Å². The lowest BCUT2D eigenvalue weighted by molar-refractivity contribution is 0.728. The molecule has 0 radical (unpaired) electrons. The SMILES string of the molecule is CCNC(=NCCCCc1nc(C)cs1)NCCc1cccs1. The Balaban J connectivity index is 1.64. The lowest BCUT2D eigenvalue weighted by Gasteiger charge is -2.10. The Kier molecular flexibility index (Phi) is 8.11. The predicted octanol–water partition coefficient (Wildman–Crippen LogP) is 3.63. The number of nitrogens with zero attached hydrogens (tertiary/aromatic N) is 2. The molecule has 2 heterocycles. The number of aryl methyl sites for hydroxylation is 2. The van der Waals surface area contributed by atoms with Crippen LogP contribution in [0.25, 0.3) is 0 Å². The summed E-state index contributed by atoms with van der Waals surface area (Å²) in [7, 11) is 0. The first kappa shape index (κ1) is 17.9. The van der Waals surface area contributed by atoms with Gasteiger partial charge in [0.2, 0.25) is 0 Å². The highest BCUT2D eigenvalue weighted by atomic mass is 32.1. The zero-order chi connectivity index (χ0) is 16.3. The third kappa shape index (κ3) is 7.14. The molecule has 0 bridgehead atoms. The molecule has 23 heavy (non-hydrogen) atoms. The van der Waals surface area contributed by atoms with E-state index >= 15 is 0 Å². The van der Waals surface area contributed by atoms with Crippen molar-refractivity contribution in [3.63, 3.8) is 0 Å². The van der Waals surface area contributed by atoms with Crippen LogP contribution in [0.3, 0.4) is 0 Å². The third-order valence-corrected chi connectivity index (χ3v) is 5.29. The Hall–Kier alpha value is -1.40. The minimum Gasteiger partial charge on any atom is -0.357 e. The number of aromatic nitrogens is 1. The Morgan fingerprint density at radius 3 is 2.83 bits per heavy atom. The van der Waals surface area contributed by atoms with E-state index < -0.39 is 0 Å². The zero-order valence-corrected chi connectivity index (χ0v) is 15.6. The van der Waals surface area contributed by atoms with Gasteiger partial charge in [0.25, 0.3) is 0 Å². The molecule has 0 aliphatic heterocycles. The number of guanidine groups is 1. The Bertz CT molecular complexity index is 575. The van der Waals surface area contributed by atoms with Gasteiger partial charge in [0.1, 0.15) is 0 Å². The molecule has 2 rings (SSSR count). The van der Waals surface area contributed by atoms with Gasteiger partial charge in [0.05, 0.1) is 5.01 Å². The van der Waals surface area contributed by atoms with Crippen LogP contribution in [0.1, 0.15) is 35.3 Å². The van der Waals surface area contributed by atoms with Gasteiger partial charge in [-0.3, -0.25) is 4.99 Å². The highest BCUT2D eigenvalue weighted by molar-refractivity contribution is 7.10. The Morgan fingerprint density at radius 2 is 2.13 bits per heavy atom. The number of hydrogen-bond donors (Lipinski definition) is 2. The van der Waals surface area contributed by atoms with Crippen molar-refractivity contribution < 1.29 is 0 Å². The quantitative estimate of drug-likeness (QED) is 0.412. The molecule has 0 aromatic carbocycles. The van der Waals surface area contributed by atoms with Gasteiger partial charge in [-0.15, -0.1) is 22.7 Å². The first-order valence-electron chi connectivity index (χ1n) is 8.23. The molecule has 6 heteroatoms. The van der Waals surface area contributed by atoms with Crippen LogP contribution in [0, 0.1) is 6.92 Å². The van der Waals surface area contributed by atoms with Gasteiger partial charge in [-0.1, -0.05) is 6.07 Å². The fourth-order valence-corrected chi connectivity index (χ4v) is 3.72. The summed E-state index contributed by atoms with van der Waals surface area (Å²) in [5.74, 6) is 0.925. The summed E-state index contributed by atoms with van der Waals surface area (Å²) in [6, 6.07) is 4.28. The maximum Gasteiger partial charge on any atom is 0.191 e. The normalized spacial score (nSPS) is 11.7. The molecule has 2 N–H and O–H groups in total. The molecule has 0 unspecified atom stereocenters. The average Bonchev–Trinajstić information content (AvgIpc) is 3.18. The first-order valence-corrected chi connectivity index (χ1v) is 9.99. The van der Waals surface area contributed by atoms with E-state index in [-0.39, 0.29) is 0 Å². The fraction of sp³-hybridized carbons (Fsp3) is 0.529. The molecule has 0 atom stereocenters. The van der Waals surface area contributed by atoms with Gasteiger partial charge in [-0.2, -0.15) is 0 Å². The molecule has 126 valence electrons. The van der Waals surface area contributed by atoms with E-state index in [9.17, 15) is 0 Å². The summed E-state index contributed by atoms with van der Waals surface area (Å²) in [4.78, 5) is 10.6. The summed E-state index contributed by atoms with van der Waals surface area (Å²) in [6.07, 6.45) is 4.35. The summed E-state index contributed by atoms with van der Waals surface area (Å²) in [5, 5.41) is 12.2. The van der Waals surface area contributed by atoms with Crippen molar-refractivity contribution >= 4 is 28.6 Å². The number of thiophene rings is 1. The predicted molar refractivity (Wildman–Crippen MR) is 102 cm³/mol. The van der Waals surface area contributed by atoms with Crippen molar-refractivity contribution in [2.45, 2.75) is 39.5 Å². The fourth-order valence-electron chi connectivity index (χ4n) is 2.20. The lowest BCUT2D eigenvalue weighted by Crippen LogP contribution is -2.38. The topological polar surface area (TPSA) is 49.3 Å². The number of rotatable bonds is 9. The molecule has 2 aromatic heterocycles. The van der Waals surface area contributed by atoms with Crippen molar-refractivity contribution in [2.24, 2.45) is 4.99 Å². The van der Waals surface area contributed by atoms with Crippen LogP contribution < -0.4 is 10.6 Å². The molecule has 0 saturated heterocycles. The van der Waals surface area contributed by atoms with E-state index in [2.05, 4.69) is 57.4 Å². The maximum absolute atomic E-state index is 4.65. The van der Waals surface area contributed by atoms with Gasteiger partial charge in [0.15, 0.2) is 5.96 Å². The number of nitrogens with one attached hydrogen (secondary N) is 2. The number of hydrogen-bond acceptors (Lipinski definition) is 4.